The predicted molar refractivity (Wildman–Crippen MR) is 132 cm³/mol. The molecule has 192 valence electrons. The summed E-state index contributed by atoms with van der Waals surface area (Å²) in [5, 5.41) is 15.3. The number of amides is 2. The molecule has 0 spiro atoms. The Bertz CT molecular complexity index is 1530. The van der Waals surface area contributed by atoms with Crippen molar-refractivity contribution in [1.29, 1.82) is 0 Å². The average molecular weight is 526 g/mol. The van der Waals surface area contributed by atoms with Gasteiger partial charge < -0.3 is 4.42 Å². The van der Waals surface area contributed by atoms with Crippen molar-refractivity contribution < 1.29 is 27.3 Å². The van der Waals surface area contributed by atoms with Crippen LogP contribution in [0.3, 0.4) is 0 Å². The largest absolute Gasteiger partial charge is 0.455 e. The lowest BCUT2D eigenvalue weighted by Crippen LogP contribution is -2.42. The third-order valence-electron chi connectivity index (χ3n) is 5.80. The fourth-order valence-corrected chi connectivity index (χ4v) is 4.77. The molecule has 37 heavy (non-hydrogen) atoms. The van der Waals surface area contributed by atoms with Crippen LogP contribution in [0.4, 0.5) is 5.69 Å². The first kappa shape index (κ1) is 25.6. The molecule has 3 N–H and O–H groups in total. The quantitative estimate of drug-likeness (QED) is 0.328. The number of rotatable bonds is 6. The molecule has 0 aliphatic heterocycles. The molecule has 12 nitrogen and oxygen atoms in total. The number of hydrogen-bond acceptors (Lipinski definition) is 8. The van der Waals surface area contributed by atoms with E-state index in [-0.39, 0.29) is 16.2 Å². The van der Waals surface area contributed by atoms with Crippen LogP contribution in [0.5, 0.6) is 0 Å². The van der Waals surface area contributed by atoms with Gasteiger partial charge in [-0.15, -0.1) is 0 Å². The molecule has 0 fully saturated rings. The molecule has 1 aliphatic rings. The van der Waals surface area contributed by atoms with E-state index >= 15 is 0 Å². The van der Waals surface area contributed by atoms with Gasteiger partial charge in [-0.05, 0) is 44.9 Å². The van der Waals surface area contributed by atoms with Gasteiger partial charge in [0.15, 0.2) is 5.76 Å². The zero-order valence-corrected chi connectivity index (χ0v) is 20.7. The number of aryl methyl sites for hydroxylation is 2. The van der Waals surface area contributed by atoms with Gasteiger partial charge in [-0.25, -0.2) is 0 Å². The van der Waals surface area contributed by atoms with E-state index < -0.39 is 32.4 Å². The second-order valence-electron chi connectivity index (χ2n) is 8.36. The van der Waals surface area contributed by atoms with Gasteiger partial charge in [0.05, 0.1) is 15.5 Å². The van der Waals surface area contributed by atoms with Gasteiger partial charge in [-0.1, -0.05) is 29.8 Å². The number of nitrogens with zero attached hydrogens (tertiary/aromatic N) is 2. The Morgan fingerprint density at radius 3 is 2.38 bits per heavy atom. The van der Waals surface area contributed by atoms with E-state index in [4.69, 9.17) is 4.42 Å². The maximum atomic E-state index is 12.8. The van der Waals surface area contributed by atoms with E-state index in [1.165, 1.54) is 36.4 Å². The van der Waals surface area contributed by atoms with Crippen molar-refractivity contribution in [2.45, 2.75) is 38.0 Å². The third-order valence-corrected chi connectivity index (χ3v) is 7.02. The minimum atomic E-state index is -3.90. The Morgan fingerprint density at radius 2 is 1.68 bits per heavy atom. The highest BCUT2D eigenvalue weighted by atomic mass is 32.2. The number of carbonyl (C=O) groups is 2. The van der Waals surface area contributed by atoms with Crippen LogP contribution >= 0.6 is 0 Å². The van der Waals surface area contributed by atoms with Crippen molar-refractivity contribution in [2.24, 2.45) is 5.10 Å². The maximum absolute atomic E-state index is 12.8. The lowest BCUT2D eigenvalue weighted by molar-refractivity contribution is -0.385. The molecule has 1 aliphatic carbocycles. The zero-order valence-electron chi connectivity index (χ0n) is 19.9. The van der Waals surface area contributed by atoms with Gasteiger partial charge in [0.1, 0.15) is 11.3 Å². The lowest BCUT2D eigenvalue weighted by atomic mass is 9.93. The van der Waals surface area contributed by atoms with Gasteiger partial charge in [-0.3, -0.25) is 30.6 Å². The van der Waals surface area contributed by atoms with Gasteiger partial charge >= 0.3 is 5.91 Å². The number of nitro benzene ring substituents is 1. The summed E-state index contributed by atoms with van der Waals surface area (Å²) in [4.78, 5) is 37.9. The average Bonchev–Trinajstić information content (AvgIpc) is 3.23. The fourth-order valence-electron chi connectivity index (χ4n) is 3.94. The van der Waals surface area contributed by atoms with Gasteiger partial charge in [0.2, 0.25) is 0 Å². The summed E-state index contributed by atoms with van der Waals surface area (Å²) in [5.41, 5.74) is 6.00. The van der Waals surface area contributed by atoms with Crippen LogP contribution in [0.25, 0.3) is 0 Å². The topological polar surface area (TPSA) is 173 Å². The molecule has 13 heteroatoms. The SMILES string of the molecule is Cc1ccc(S(=O)(=O)N/N=C2\CCCc3oc(C(=O)NNC(=O)c4ccccc4[N+](=O)[O-])c(C)c32)cc1. The molecular formula is C24H23N5O7S. The van der Waals surface area contributed by atoms with Crippen LogP contribution < -0.4 is 15.7 Å². The number of benzene rings is 2. The first-order valence-corrected chi connectivity index (χ1v) is 12.7. The summed E-state index contributed by atoms with van der Waals surface area (Å²) in [6.45, 7) is 3.47. The molecule has 0 bridgehead atoms. The molecule has 3 aromatic rings. The summed E-state index contributed by atoms with van der Waals surface area (Å²) in [5.74, 6) is -1.28. The van der Waals surface area contributed by atoms with E-state index in [1.807, 2.05) is 6.92 Å². The minimum absolute atomic E-state index is 0.0665. The van der Waals surface area contributed by atoms with Crippen molar-refractivity contribution >= 4 is 33.2 Å². The summed E-state index contributed by atoms with van der Waals surface area (Å²) in [7, 11) is -3.90. The number of para-hydroxylation sites is 1. The van der Waals surface area contributed by atoms with Crippen molar-refractivity contribution in [3.63, 3.8) is 0 Å². The smallest absolute Gasteiger partial charge is 0.305 e. The van der Waals surface area contributed by atoms with Crippen LogP contribution in [0, 0.1) is 24.0 Å². The number of nitro groups is 1. The number of nitrogens with one attached hydrogen (secondary N) is 3. The number of hydrazine groups is 1. The molecule has 1 aromatic heterocycles. The summed E-state index contributed by atoms with van der Waals surface area (Å²) >= 11 is 0. The first-order chi connectivity index (χ1) is 17.6. The van der Waals surface area contributed by atoms with E-state index in [0.717, 1.165) is 5.56 Å². The summed E-state index contributed by atoms with van der Waals surface area (Å²) in [6.07, 6.45) is 1.59. The molecule has 0 saturated carbocycles. The summed E-state index contributed by atoms with van der Waals surface area (Å²) < 4.78 is 31.0. The Labute approximate surface area is 211 Å². The Kier molecular flexibility index (Phi) is 7.07. The number of fused-ring (bicyclic) bond motifs is 1. The van der Waals surface area contributed by atoms with Crippen LogP contribution in [0.15, 0.2) is 62.9 Å². The second-order valence-corrected chi connectivity index (χ2v) is 10.0. The van der Waals surface area contributed by atoms with Crippen LogP contribution in [0.1, 0.15) is 56.2 Å². The molecule has 2 aromatic carbocycles. The van der Waals surface area contributed by atoms with E-state index in [2.05, 4.69) is 20.8 Å². The summed E-state index contributed by atoms with van der Waals surface area (Å²) in [6, 6.07) is 11.6. The van der Waals surface area contributed by atoms with Crippen LogP contribution in [-0.4, -0.2) is 30.9 Å². The second kappa shape index (κ2) is 10.2. The molecule has 1 heterocycles. The molecule has 0 unspecified atom stereocenters. The number of furan rings is 1. The fraction of sp³-hybridized carbons (Fsp3) is 0.208. The number of carbonyl (C=O) groups excluding carboxylic acids is 2. The molecule has 0 atom stereocenters. The molecule has 0 saturated heterocycles. The van der Waals surface area contributed by atoms with Gasteiger partial charge in [0, 0.05) is 23.6 Å². The van der Waals surface area contributed by atoms with Crippen molar-refractivity contribution in [3.8, 4) is 0 Å². The molecule has 0 radical (unpaired) electrons. The maximum Gasteiger partial charge on any atom is 0.305 e. The molecular weight excluding hydrogens is 502 g/mol. The van der Waals surface area contributed by atoms with Crippen molar-refractivity contribution in [1.82, 2.24) is 15.7 Å². The highest BCUT2D eigenvalue weighted by Gasteiger charge is 2.29. The lowest BCUT2D eigenvalue weighted by Gasteiger charge is -2.14. The van der Waals surface area contributed by atoms with Gasteiger partial charge in [-0.2, -0.15) is 18.4 Å². The zero-order chi connectivity index (χ0) is 26.7. The van der Waals surface area contributed by atoms with Crippen LogP contribution in [-0.2, 0) is 16.4 Å². The molecule has 2 amide bonds. The Morgan fingerprint density at radius 1 is 1.00 bits per heavy atom. The number of hydrogen-bond donors (Lipinski definition) is 3. The monoisotopic (exact) mass is 525 g/mol. The van der Waals surface area contributed by atoms with Crippen molar-refractivity contribution in [3.05, 3.63) is 92.4 Å². The highest BCUT2D eigenvalue weighted by Crippen LogP contribution is 2.30. The Balaban J connectivity index is 1.52. The van der Waals surface area contributed by atoms with E-state index in [1.54, 1.807) is 19.1 Å². The Hall–Kier alpha value is -4.52. The normalized spacial score (nSPS) is 14.1. The number of sulfonamides is 1. The van der Waals surface area contributed by atoms with Gasteiger partial charge in [0.25, 0.3) is 21.6 Å². The number of hydrazone groups is 1. The molecule has 4 rings (SSSR count). The van der Waals surface area contributed by atoms with Crippen LogP contribution in [0.2, 0.25) is 0 Å². The third kappa shape index (κ3) is 5.35. The van der Waals surface area contributed by atoms with E-state index in [9.17, 15) is 28.1 Å². The standard InChI is InChI=1S/C24H23N5O7S/c1-14-10-12-16(13-11-14)37(34,35)28-25-18-7-5-9-20-21(18)15(2)22(36-20)24(31)27-26-23(30)17-6-3-4-8-19(17)29(32)33/h3-4,6,8,10-13,28H,5,7,9H2,1-2H3,(H,26,30)(H,27,31)/b25-18+. The van der Waals surface area contributed by atoms with E-state index in [0.29, 0.717) is 41.9 Å². The first-order valence-electron chi connectivity index (χ1n) is 11.2. The predicted octanol–water partition coefficient (Wildman–Crippen LogP) is 2.90. The minimum Gasteiger partial charge on any atom is -0.455 e. The highest BCUT2D eigenvalue weighted by molar-refractivity contribution is 7.89. The van der Waals surface area contributed by atoms with Crippen molar-refractivity contribution in [2.75, 3.05) is 0 Å².